The molecule has 6 nitrogen and oxygen atoms in total. The van der Waals surface area contributed by atoms with Crippen LogP contribution in [0.15, 0.2) is 48.5 Å². The zero-order valence-corrected chi connectivity index (χ0v) is 17.0. The van der Waals surface area contributed by atoms with Gasteiger partial charge in [0.1, 0.15) is 5.54 Å². The van der Waals surface area contributed by atoms with Crippen LogP contribution >= 0.6 is 0 Å². The molecule has 0 radical (unpaired) electrons. The van der Waals surface area contributed by atoms with E-state index in [2.05, 4.69) is 0 Å². The quantitative estimate of drug-likeness (QED) is 0.604. The first-order chi connectivity index (χ1) is 12.8. The minimum atomic E-state index is -1.19. The fourth-order valence-electron chi connectivity index (χ4n) is 2.42. The number of carboxylic acid groups (broad SMARTS) is 1. The molecule has 2 aromatic carbocycles. The van der Waals surface area contributed by atoms with Crippen LogP contribution in [0, 0.1) is 13.8 Å². The van der Waals surface area contributed by atoms with Crippen molar-refractivity contribution in [3.8, 4) is 0 Å². The average molecular weight is 386 g/mol. The summed E-state index contributed by atoms with van der Waals surface area (Å²) >= 11 is 0. The van der Waals surface area contributed by atoms with Gasteiger partial charge < -0.3 is 22.3 Å². The molecule has 0 saturated carbocycles. The third kappa shape index (κ3) is 7.50. The van der Waals surface area contributed by atoms with Crippen LogP contribution in [0.5, 0.6) is 0 Å². The van der Waals surface area contributed by atoms with E-state index < -0.39 is 23.0 Å². The Morgan fingerprint density at radius 3 is 1.39 bits per heavy atom. The number of nitrogens with two attached hydrogens (primary N) is 3. The number of hydrogen-bond acceptors (Lipinski definition) is 4. The molecular formula is C22H31N3O3. The van der Waals surface area contributed by atoms with E-state index in [-0.39, 0.29) is 0 Å². The van der Waals surface area contributed by atoms with Crippen molar-refractivity contribution in [2.45, 2.75) is 51.6 Å². The number of hydrogen-bond donors (Lipinski definition) is 4. The second-order valence-electron chi connectivity index (χ2n) is 7.83. The van der Waals surface area contributed by atoms with E-state index in [1.54, 1.807) is 6.92 Å². The van der Waals surface area contributed by atoms with Gasteiger partial charge in [0.05, 0.1) is 5.54 Å². The normalized spacial score (nSPS) is 14.8. The molecule has 0 aliphatic rings. The van der Waals surface area contributed by atoms with Crippen LogP contribution in [-0.4, -0.2) is 28.1 Å². The SMILES string of the molecule is Cc1ccc(C[C@](C)(N)C(=O)O)cc1.Cc1ccc(C[C@](C)(N)C(N)=O)cc1. The molecule has 0 unspecified atom stereocenters. The number of carboxylic acids is 1. The fourth-order valence-corrected chi connectivity index (χ4v) is 2.42. The van der Waals surface area contributed by atoms with Crippen molar-refractivity contribution in [2.24, 2.45) is 17.2 Å². The van der Waals surface area contributed by atoms with E-state index in [4.69, 9.17) is 22.3 Å². The Hall–Kier alpha value is -2.70. The number of amides is 1. The molecule has 2 aromatic rings. The summed E-state index contributed by atoms with van der Waals surface area (Å²) < 4.78 is 0. The molecule has 0 aliphatic heterocycles. The first-order valence-electron chi connectivity index (χ1n) is 9.05. The van der Waals surface area contributed by atoms with E-state index in [0.717, 1.165) is 16.7 Å². The summed E-state index contributed by atoms with van der Waals surface area (Å²) in [5.41, 5.74) is 18.7. The highest BCUT2D eigenvalue weighted by Gasteiger charge is 2.28. The van der Waals surface area contributed by atoms with Crippen LogP contribution in [0.25, 0.3) is 0 Å². The Balaban J connectivity index is 0.000000280. The Labute approximate surface area is 166 Å². The first kappa shape index (κ1) is 23.3. The number of aliphatic carboxylic acids is 1. The molecule has 6 heteroatoms. The van der Waals surface area contributed by atoms with E-state index in [9.17, 15) is 9.59 Å². The average Bonchev–Trinajstić information content (AvgIpc) is 2.59. The van der Waals surface area contributed by atoms with E-state index >= 15 is 0 Å². The maximum atomic E-state index is 11.0. The summed E-state index contributed by atoms with van der Waals surface area (Å²) in [5.74, 6) is -1.45. The van der Waals surface area contributed by atoms with Crippen LogP contribution in [0.3, 0.4) is 0 Å². The summed E-state index contributed by atoms with van der Waals surface area (Å²) in [5, 5.41) is 8.83. The lowest BCUT2D eigenvalue weighted by Crippen LogP contribution is -2.51. The topological polar surface area (TPSA) is 132 Å². The van der Waals surface area contributed by atoms with Crippen molar-refractivity contribution in [3.05, 3.63) is 70.8 Å². The summed E-state index contributed by atoms with van der Waals surface area (Å²) in [6.07, 6.45) is 0.825. The molecular weight excluding hydrogens is 354 g/mol. The summed E-state index contributed by atoms with van der Waals surface area (Å²) in [7, 11) is 0. The zero-order chi connectivity index (χ0) is 21.5. The van der Waals surface area contributed by atoms with Crippen molar-refractivity contribution in [1.29, 1.82) is 0 Å². The van der Waals surface area contributed by atoms with Gasteiger partial charge in [-0.05, 0) is 45.2 Å². The second-order valence-corrected chi connectivity index (χ2v) is 7.83. The number of rotatable bonds is 6. The molecule has 1 amide bonds. The number of aryl methyl sites for hydroxylation is 2. The maximum absolute atomic E-state index is 11.0. The minimum absolute atomic E-state index is 0.350. The summed E-state index contributed by atoms with van der Waals surface area (Å²) in [6.45, 7) is 7.17. The third-order valence-corrected chi connectivity index (χ3v) is 4.44. The van der Waals surface area contributed by atoms with Crippen LogP contribution in [-0.2, 0) is 22.4 Å². The van der Waals surface area contributed by atoms with Gasteiger partial charge in [0.25, 0.3) is 0 Å². The number of primary amides is 1. The molecule has 0 saturated heterocycles. The minimum Gasteiger partial charge on any atom is -0.480 e. The van der Waals surface area contributed by atoms with Gasteiger partial charge in [-0.1, -0.05) is 59.7 Å². The van der Waals surface area contributed by atoms with Gasteiger partial charge in [0.15, 0.2) is 0 Å². The molecule has 0 fully saturated rings. The fraction of sp³-hybridized carbons (Fsp3) is 0.364. The van der Waals surface area contributed by atoms with Crippen molar-refractivity contribution in [2.75, 3.05) is 0 Å². The van der Waals surface area contributed by atoms with Crippen molar-refractivity contribution in [3.63, 3.8) is 0 Å². The van der Waals surface area contributed by atoms with Gasteiger partial charge in [-0.25, -0.2) is 0 Å². The van der Waals surface area contributed by atoms with Gasteiger partial charge in [-0.15, -0.1) is 0 Å². The Morgan fingerprint density at radius 2 is 1.11 bits per heavy atom. The lowest BCUT2D eigenvalue weighted by atomic mass is 9.93. The summed E-state index contributed by atoms with van der Waals surface area (Å²) in [4.78, 5) is 21.8. The maximum Gasteiger partial charge on any atom is 0.323 e. The van der Waals surface area contributed by atoms with Gasteiger partial charge >= 0.3 is 5.97 Å². The third-order valence-electron chi connectivity index (χ3n) is 4.44. The molecule has 0 aliphatic carbocycles. The van der Waals surface area contributed by atoms with E-state index in [1.807, 2.05) is 62.4 Å². The molecule has 0 aromatic heterocycles. The van der Waals surface area contributed by atoms with Crippen LogP contribution in [0.2, 0.25) is 0 Å². The lowest BCUT2D eigenvalue weighted by molar-refractivity contribution is -0.142. The van der Waals surface area contributed by atoms with Crippen LogP contribution in [0.1, 0.15) is 36.1 Å². The molecule has 0 heterocycles. The molecule has 28 heavy (non-hydrogen) atoms. The zero-order valence-electron chi connectivity index (χ0n) is 17.0. The van der Waals surface area contributed by atoms with Gasteiger partial charge in [-0.2, -0.15) is 0 Å². The van der Waals surface area contributed by atoms with Crippen molar-refractivity contribution < 1.29 is 14.7 Å². The number of carbonyl (C=O) groups excluding carboxylic acids is 1. The van der Waals surface area contributed by atoms with Crippen molar-refractivity contribution in [1.82, 2.24) is 0 Å². The molecule has 7 N–H and O–H groups in total. The number of carbonyl (C=O) groups is 2. The molecule has 0 spiro atoms. The summed E-state index contributed by atoms with van der Waals surface area (Å²) in [6, 6.07) is 15.6. The van der Waals surface area contributed by atoms with Gasteiger partial charge in [-0.3, -0.25) is 9.59 Å². The molecule has 2 rings (SSSR count). The molecule has 152 valence electrons. The highest BCUT2D eigenvalue weighted by Crippen LogP contribution is 2.12. The Morgan fingerprint density at radius 1 is 0.786 bits per heavy atom. The predicted octanol–water partition coefficient (Wildman–Crippen LogP) is 2.08. The van der Waals surface area contributed by atoms with E-state index in [1.165, 1.54) is 12.5 Å². The van der Waals surface area contributed by atoms with E-state index in [0.29, 0.717) is 12.8 Å². The standard InChI is InChI=1S/C11H16N2O.C11H15NO2/c1-8-3-5-9(6-4-8)7-11(2,13)10(12)14;1-8-3-5-9(6-4-8)7-11(2,12)10(13)14/h3-6H,7,13H2,1-2H3,(H2,12,14);3-6H,7,12H2,1-2H3,(H,13,14)/t2*11-/m00/s1. The smallest absolute Gasteiger partial charge is 0.323 e. The predicted molar refractivity (Wildman–Crippen MR) is 112 cm³/mol. The number of benzene rings is 2. The van der Waals surface area contributed by atoms with Crippen LogP contribution in [0.4, 0.5) is 0 Å². The molecule has 0 bridgehead atoms. The monoisotopic (exact) mass is 385 g/mol. The largest absolute Gasteiger partial charge is 0.480 e. The highest BCUT2D eigenvalue weighted by molar-refractivity contribution is 5.84. The lowest BCUT2D eigenvalue weighted by Gasteiger charge is -2.20. The highest BCUT2D eigenvalue weighted by atomic mass is 16.4. The second kappa shape index (κ2) is 9.48. The van der Waals surface area contributed by atoms with Gasteiger partial charge in [0, 0.05) is 6.42 Å². The Bertz CT molecular complexity index is 725. The van der Waals surface area contributed by atoms with Crippen LogP contribution < -0.4 is 17.2 Å². The first-order valence-corrected chi connectivity index (χ1v) is 9.05. The Kier molecular flexibility index (Phi) is 7.90. The van der Waals surface area contributed by atoms with Gasteiger partial charge in [0.2, 0.25) is 5.91 Å². The molecule has 2 atom stereocenters. The van der Waals surface area contributed by atoms with Crippen molar-refractivity contribution >= 4 is 11.9 Å².